The summed E-state index contributed by atoms with van der Waals surface area (Å²) in [5, 5.41) is 9.31. The Bertz CT molecular complexity index is 462. The van der Waals surface area contributed by atoms with Crippen LogP contribution >= 0.6 is 0 Å². The molecule has 17 heavy (non-hydrogen) atoms. The normalized spacial score (nSPS) is 17.9. The number of carbonyl (C=O) groups is 1. The van der Waals surface area contributed by atoms with Crippen molar-refractivity contribution in [1.82, 2.24) is 0 Å². The maximum atomic E-state index is 11.3. The molecule has 1 aliphatic rings. The lowest BCUT2D eigenvalue weighted by atomic mass is 9.83. The summed E-state index contributed by atoms with van der Waals surface area (Å²) in [7, 11) is 0. The Balaban J connectivity index is 2.43. The van der Waals surface area contributed by atoms with E-state index in [1.165, 1.54) is 5.56 Å². The molecule has 1 fully saturated rings. The minimum Gasteiger partial charge on any atom is -0.481 e. The van der Waals surface area contributed by atoms with Gasteiger partial charge in [-0.25, -0.2) is 0 Å². The largest absolute Gasteiger partial charge is 0.481 e. The molecule has 1 aromatic carbocycles. The summed E-state index contributed by atoms with van der Waals surface area (Å²) in [6.07, 6.45) is 1.55. The van der Waals surface area contributed by atoms with Crippen molar-refractivity contribution in [3.8, 4) is 0 Å². The average Bonchev–Trinajstić information content (AvgIpc) is 2.96. The Morgan fingerprint density at radius 2 is 1.88 bits per heavy atom. The molecule has 92 valence electrons. The highest BCUT2D eigenvalue weighted by molar-refractivity contribution is 5.85. The van der Waals surface area contributed by atoms with Crippen LogP contribution in [0.2, 0.25) is 0 Å². The van der Waals surface area contributed by atoms with E-state index in [0.29, 0.717) is 0 Å². The Morgan fingerprint density at radius 3 is 2.24 bits per heavy atom. The second-order valence-electron chi connectivity index (χ2n) is 6.17. The third-order valence-corrected chi connectivity index (χ3v) is 3.77. The lowest BCUT2D eigenvalue weighted by Gasteiger charge is -2.22. The van der Waals surface area contributed by atoms with Crippen LogP contribution in [0.15, 0.2) is 18.2 Å². The van der Waals surface area contributed by atoms with E-state index >= 15 is 0 Å². The molecule has 1 aliphatic carbocycles. The lowest BCUT2D eigenvalue weighted by Crippen LogP contribution is -2.21. The number of rotatable bonds is 2. The molecule has 0 saturated heterocycles. The van der Waals surface area contributed by atoms with E-state index in [-0.39, 0.29) is 5.41 Å². The first kappa shape index (κ1) is 12.2. The first-order chi connectivity index (χ1) is 7.77. The molecule has 2 heteroatoms. The van der Waals surface area contributed by atoms with Crippen LogP contribution < -0.4 is 0 Å². The fourth-order valence-electron chi connectivity index (χ4n) is 2.39. The molecule has 0 radical (unpaired) electrons. The van der Waals surface area contributed by atoms with Gasteiger partial charge in [0.2, 0.25) is 0 Å². The fourth-order valence-corrected chi connectivity index (χ4v) is 2.39. The van der Waals surface area contributed by atoms with Gasteiger partial charge in [0.1, 0.15) is 0 Å². The quantitative estimate of drug-likeness (QED) is 0.848. The third-order valence-electron chi connectivity index (χ3n) is 3.77. The Labute approximate surface area is 103 Å². The highest BCUT2D eigenvalue weighted by Gasteiger charge is 2.52. The van der Waals surface area contributed by atoms with Gasteiger partial charge in [0, 0.05) is 0 Å². The van der Waals surface area contributed by atoms with Crippen LogP contribution in [-0.2, 0) is 15.6 Å². The predicted molar refractivity (Wildman–Crippen MR) is 68.4 cm³/mol. The van der Waals surface area contributed by atoms with Crippen molar-refractivity contribution in [3.63, 3.8) is 0 Å². The van der Waals surface area contributed by atoms with Crippen molar-refractivity contribution < 1.29 is 9.90 Å². The summed E-state index contributed by atoms with van der Waals surface area (Å²) in [4.78, 5) is 11.3. The van der Waals surface area contributed by atoms with Gasteiger partial charge in [-0.05, 0) is 41.9 Å². The van der Waals surface area contributed by atoms with Crippen LogP contribution in [0.4, 0.5) is 0 Å². The zero-order valence-electron chi connectivity index (χ0n) is 11.0. The van der Waals surface area contributed by atoms with Gasteiger partial charge in [0.05, 0.1) is 5.41 Å². The minimum absolute atomic E-state index is 0.114. The van der Waals surface area contributed by atoms with E-state index < -0.39 is 11.4 Å². The maximum absolute atomic E-state index is 11.3. The average molecular weight is 232 g/mol. The van der Waals surface area contributed by atoms with E-state index in [1.807, 2.05) is 13.0 Å². The summed E-state index contributed by atoms with van der Waals surface area (Å²) in [5.74, 6) is -0.677. The topological polar surface area (TPSA) is 37.3 Å². The van der Waals surface area contributed by atoms with Crippen LogP contribution in [-0.4, -0.2) is 11.1 Å². The third kappa shape index (κ3) is 1.97. The van der Waals surface area contributed by atoms with Crippen LogP contribution in [0.25, 0.3) is 0 Å². The number of hydrogen-bond donors (Lipinski definition) is 1. The smallest absolute Gasteiger partial charge is 0.314 e. The SMILES string of the molecule is Cc1cc(C(C)(C)C)ccc1C1(C(=O)O)CC1. The van der Waals surface area contributed by atoms with Gasteiger partial charge >= 0.3 is 5.97 Å². The standard InChI is InChI=1S/C15H20O2/c1-10-9-11(14(2,3)4)5-6-12(10)15(7-8-15)13(16)17/h5-6,9H,7-8H2,1-4H3,(H,16,17). The molecule has 1 N–H and O–H groups in total. The zero-order valence-corrected chi connectivity index (χ0v) is 11.0. The molecule has 0 heterocycles. The first-order valence-corrected chi connectivity index (χ1v) is 6.12. The van der Waals surface area contributed by atoms with E-state index in [4.69, 9.17) is 0 Å². The first-order valence-electron chi connectivity index (χ1n) is 6.12. The molecular formula is C15H20O2. The van der Waals surface area contributed by atoms with Crippen molar-refractivity contribution >= 4 is 5.97 Å². The highest BCUT2D eigenvalue weighted by atomic mass is 16.4. The summed E-state index contributed by atoms with van der Waals surface area (Å²) in [5.41, 5.74) is 2.90. The van der Waals surface area contributed by atoms with Crippen molar-refractivity contribution in [2.45, 2.75) is 51.4 Å². The van der Waals surface area contributed by atoms with Crippen LogP contribution in [0.5, 0.6) is 0 Å². The molecule has 1 aromatic rings. The predicted octanol–water partition coefficient (Wildman–Crippen LogP) is 3.41. The molecule has 0 aliphatic heterocycles. The lowest BCUT2D eigenvalue weighted by molar-refractivity contribution is -0.140. The van der Waals surface area contributed by atoms with Crippen LogP contribution in [0.1, 0.15) is 50.3 Å². The number of carboxylic acids is 1. The summed E-state index contributed by atoms with van der Waals surface area (Å²) in [6, 6.07) is 6.22. The van der Waals surface area contributed by atoms with Crippen molar-refractivity contribution in [2.24, 2.45) is 0 Å². The second-order valence-corrected chi connectivity index (χ2v) is 6.17. The number of carboxylic acid groups (broad SMARTS) is 1. The Hall–Kier alpha value is -1.31. The van der Waals surface area contributed by atoms with Crippen molar-refractivity contribution in [1.29, 1.82) is 0 Å². The van der Waals surface area contributed by atoms with Crippen molar-refractivity contribution in [3.05, 3.63) is 34.9 Å². The number of hydrogen-bond acceptors (Lipinski definition) is 1. The van der Waals surface area contributed by atoms with Gasteiger partial charge in [-0.3, -0.25) is 4.79 Å². The number of aryl methyl sites for hydroxylation is 1. The molecule has 0 aromatic heterocycles. The van der Waals surface area contributed by atoms with Gasteiger partial charge in [-0.15, -0.1) is 0 Å². The monoisotopic (exact) mass is 232 g/mol. The van der Waals surface area contributed by atoms with Crippen LogP contribution in [0.3, 0.4) is 0 Å². The molecule has 1 saturated carbocycles. The molecular weight excluding hydrogens is 212 g/mol. The maximum Gasteiger partial charge on any atom is 0.314 e. The molecule has 2 nitrogen and oxygen atoms in total. The van der Waals surface area contributed by atoms with Gasteiger partial charge in [-0.2, -0.15) is 0 Å². The van der Waals surface area contributed by atoms with E-state index in [2.05, 4.69) is 32.9 Å². The van der Waals surface area contributed by atoms with Crippen LogP contribution in [0, 0.1) is 6.92 Å². The minimum atomic E-state index is -0.677. The molecule has 0 amide bonds. The van der Waals surface area contributed by atoms with E-state index in [0.717, 1.165) is 24.0 Å². The molecule has 2 rings (SSSR count). The molecule has 0 spiro atoms. The number of aliphatic carboxylic acids is 1. The Morgan fingerprint density at radius 1 is 1.29 bits per heavy atom. The van der Waals surface area contributed by atoms with E-state index in [1.54, 1.807) is 0 Å². The van der Waals surface area contributed by atoms with Gasteiger partial charge in [-0.1, -0.05) is 39.0 Å². The van der Waals surface area contributed by atoms with E-state index in [9.17, 15) is 9.90 Å². The van der Waals surface area contributed by atoms with Gasteiger partial charge < -0.3 is 5.11 Å². The van der Waals surface area contributed by atoms with Gasteiger partial charge in [0.15, 0.2) is 0 Å². The Kier molecular flexibility index (Phi) is 2.57. The summed E-state index contributed by atoms with van der Waals surface area (Å²) < 4.78 is 0. The van der Waals surface area contributed by atoms with Gasteiger partial charge in [0.25, 0.3) is 0 Å². The molecule has 0 bridgehead atoms. The highest BCUT2D eigenvalue weighted by Crippen LogP contribution is 2.49. The second kappa shape index (κ2) is 3.59. The zero-order chi connectivity index (χ0) is 12.8. The summed E-state index contributed by atoms with van der Waals surface area (Å²) in [6.45, 7) is 8.54. The number of benzene rings is 1. The fraction of sp³-hybridized carbons (Fsp3) is 0.533. The molecule has 0 unspecified atom stereocenters. The van der Waals surface area contributed by atoms with Crippen molar-refractivity contribution in [2.75, 3.05) is 0 Å². The molecule has 0 atom stereocenters. The summed E-state index contributed by atoms with van der Waals surface area (Å²) >= 11 is 0.